The normalized spacial score (nSPS) is 9.93. The summed E-state index contributed by atoms with van der Waals surface area (Å²) in [6.45, 7) is 5.71. The number of aromatic hydroxyl groups is 1. The second-order valence-corrected chi connectivity index (χ2v) is 3.16. The highest BCUT2D eigenvalue weighted by molar-refractivity contribution is 5.83. The standard InChI is InChI=1S/C10H10FNO.C2H6/c1-6-10(11)8-5-7(13)3-4-9(8)12(6)2;1-2/h3-5,13H,1-2H3;1-2H3. The second kappa shape index (κ2) is 4.34. The summed E-state index contributed by atoms with van der Waals surface area (Å²) in [5.41, 5.74) is 1.38. The number of hydrogen-bond donors (Lipinski definition) is 1. The first-order valence-electron chi connectivity index (χ1n) is 5.05. The van der Waals surface area contributed by atoms with Gasteiger partial charge in [-0.2, -0.15) is 0 Å². The molecular formula is C12H16FNO. The van der Waals surface area contributed by atoms with Crippen molar-refractivity contribution in [1.82, 2.24) is 4.57 Å². The lowest BCUT2D eigenvalue weighted by atomic mass is 10.2. The van der Waals surface area contributed by atoms with Crippen molar-refractivity contribution in [2.75, 3.05) is 0 Å². The van der Waals surface area contributed by atoms with Crippen LogP contribution in [0.25, 0.3) is 10.9 Å². The molecule has 1 aromatic carbocycles. The van der Waals surface area contributed by atoms with Crippen molar-refractivity contribution in [2.45, 2.75) is 20.8 Å². The molecule has 0 aliphatic rings. The Hall–Kier alpha value is -1.51. The molecule has 0 aliphatic heterocycles. The van der Waals surface area contributed by atoms with Crippen molar-refractivity contribution in [3.63, 3.8) is 0 Å². The van der Waals surface area contributed by atoms with Gasteiger partial charge in [-0.15, -0.1) is 0 Å². The number of nitrogens with zero attached hydrogens (tertiary/aromatic N) is 1. The molecule has 0 amide bonds. The van der Waals surface area contributed by atoms with Crippen LogP contribution in [-0.4, -0.2) is 9.67 Å². The highest BCUT2D eigenvalue weighted by atomic mass is 19.1. The van der Waals surface area contributed by atoms with Gasteiger partial charge in [0.05, 0.1) is 11.2 Å². The molecule has 2 nitrogen and oxygen atoms in total. The minimum atomic E-state index is -0.256. The fourth-order valence-electron chi connectivity index (χ4n) is 1.52. The molecule has 0 radical (unpaired) electrons. The van der Waals surface area contributed by atoms with Crippen molar-refractivity contribution < 1.29 is 9.50 Å². The summed E-state index contributed by atoms with van der Waals surface area (Å²) in [6.07, 6.45) is 0. The minimum absolute atomic E-state index is 0.0944. The lowest BCUT2D eigenvalue weighted by Gasteiger charge is -1.97. The monoisotopic (exact) mass is 209 g/mol. The van der Waals surface area contributed by atoms with Crippen molar-refractivity contribution in [3.8, 4) is 5.75 Å². The zero-order valence-corrected chi connectivity index (χ0v) is 9.50. The Bertz CT molecular complexity index is 474. The van der Waals surface area contributed by atoms with Gasteiger partial charge in [0.2, 0.25) is 0 Å². The summed E-state index contributed by atoms with van der Waals surface area (Å²) < 4.78 is 15.2. The van der Waals surface area contributed by atoms with Crippen LogP contribution in [-0.2, 0) is 7.05 Å². The number of benzene rings is 1. The summed E-state index contributed by atoms with van der Waals surface area (Å²) >= 11 is 0. The molecule has 0 aliphatic carbocycles. The number of fused-ring (bicyclic) bond motifs is 1. The van der Waals surface area contributed by atoms with E-state index >= 15 is 0 Å². The Kier molecular flexibility index (Phi) is 3.35. The van der Waals surface area contributed by atoms with Gasteiger partial charge in [0.25, 0.3) is 0 Å². The maximum Gasteiger partial charge on any atom is 0.151 e. The minimum Gasteiger partial charge on any atom is -0.508 e. The predicted octanol–water partition coefficient (Wildman–Crippen LogP) is 3.36. The van der Waals surface area contributed by atoms with E-state index in [9.17, 15) is 9.50 Å². The lowest BCUT2D eigenvalue weighted by molar-refractivity contribution is 0.476. The fraction of sp³-hybridized carbons (Fsp3) is 0.333. The largest absolute Gasteiger partial charge is 0.508 e. The van der Waals surface area contributed by atoms with Gasteiger partial charge in [-0.25, -0.2) is 4.39 Å². The van der Waals surface area contributed by atoms with Gasteiger partial charge in [-0.3, -0.25) is 0 Å². The first-order chi connectivity index (χ1) is 7.11. The van der Waals surface area contributed by atoms with Gasteiger partial charge in [-0.05, 0) is 25.1 Å². The van der Waals surface area contributed by atoms with E-state index in [1.54, 1.807) is 30.7 Å². The average Bonchev–Trinajstić information content (AvgIpc) is 2.47. The molecule has 1 aromatic heterocycles. The summed E-state index contributed by atoms with van der Waals surface area (Å²) in [7, 11) is 1.80. The summed E-state index contributed by atoms with van der Waals surface area (Å²) in [4.78, 5) is 0. The SMILES string of the molecule is CC.Cc1c(F)c2cc(O)ccc2n1C. The van der Waals surface area contributed by atoms with Gasteiger partial charge in [0.15, 0.2) is 5.82 Å². The Labute approximate surface area is 89.0 Å². The van der Waals surface area contributed by atoms with Crippen molar-refractivity contribution in [3.05, 3.63) is 29.7 Å². The number of halogens is 1. The Balaban J connectivity index is 0.000000531. The van der Waals surface area contributed by atoms with E-state index in [1.807, 2.05) is 13.8 Å². The maximum atomic E-state index is 13.5. The summed E-state index contributed by atoms with van der Waals surface area (Å²) in [6, 6.07) is 4.71. The molecule has 0 saturated heterocycles. The molecule has 1 heterocycles. The van der Waals surface area contributed by atoms with Crippen LogP contribution in [0.15, 0.2) is 18.2 Å². The van der Waals surface area contributed by atoms with Crippen LogP contribution in [0.3, 0.4) is 0 Å². The number of phenolic OH excluding ortho intramolecular Hbond substituents is 1. The fourth-order valence-corrected chi connectivity index (χ4v) is 1.52. The molecule has 2 rings (SSSR count). The molecule has 0 fully saturated rings. The Morgan fingerprint density at radius 1 is 1.27 bits per heavy atom. The third kappa shape index (κ3) is 1.82. The molecule has 82 valence electrons. The summed E-state index contributed by atoms with van der Waals surface area (Å²) in [5, 5.41) is 9.65. The molecule has 0 spiro atoms. The van der Waals surface area contributed by atoms with Crippen LogP contribution in [0.2, 0.25) is 0 Å². The van der Waals surface area contributed by atoms with E-state index < -0.39 is 0 Å². The van der Waals surface area contributed by atoms with Gasteiger partial charge in [0, 0.05) is 12.4 Å². The Morgan fingerprint density at radius 2 is 1.87 bits per heavy atom. The molecule has 1 N–H and O–H groups in total. The Morgan fingerprint density at radius 3 is 2.47 bits per heavy atom. The highest BCUT2D eigenvalue weighted by Crippen LogP contribution is 2.26. The van der Waals surface area contributed by atoms with E-state index in [0.29, 0.717) is 11.1 Å². The zero-order valence-electron chi connectivity index (χ0n) is 9.50. The van der Waals surface area contributed by atoms with Gasteiger partial charge in [0.1, 0.15) is 5.75 Å². The van der Waals surface area contributed by atoms with Crippen LogP contribution in [0, 0.1) is 12.7 Å². The van der Waals surface area contributed by atoms with E-state index in [-0.39, 0.29) is 11.6 Å². The lowest BCUT2D eigenvalue weighted by Crippen LogP contribution is -1.89. The molecule has 0 atom stereocenters. The van der Waals surface area contributed by atoms with Crippen LogP contribution in [0.5, 0.6) is 5.75 Å². The van der Waals surface area contributed by atoms with Crippen LogP contribution in [0.1, 0.15) is 19.5 Å². The van der Waals surface area contributed by atoms with Crippen LogP contribution < -0.4 is 0 Å². The second-order valence-electron chi connectivity index (χ2n) is 3.16. The van der Waals surface area contributed by atoms with Crippen LogP contribution in [0.4, 0.5) is 4.39 Å². The first kappa shape index (κ1) is 11.6. The zero-order chi connectivity index (χ0) is 11.6. The number of phenols is 1. The molecular weight excluding hydrogens is 193 g/mol. The van der Waals surface area contributed by atoms with E-state index in [0.717, 1.165) is 5.52 Å². The molecule has 0 saturated carbocycles. The van der Waals surface area contributed by atoms with Gasteiger partial charge < -0.3 is 9.67 Å². The molecule has 0 unspecified atom stereocenters. The smallest absolute Gasteiger partial charge is 0.151 e. The van der Waals surface area contributed by atoms with Crippen molar-refractivity contribution in [2.24, 2.45) is 7.05 Å². The van der Waals surface area contributed by atoms with Crippen molar-refractivity contribution in [1.29, 1.82) is 0 Å². The number of aryl methyl sites for hydroxylation is 1. The number of hydrogen-bond acceptors (Lipinski definition) is 1. The predicted molar refractivity (Wildman–Crippen MR) is 60.6 cm³/mol. The van der Waals surface area contributed by atoms with E-state index in [1.165, 1.54) is 6.07 Å². The average molecular weight is 209 g/mol. The molecule has 2 aromatic rings. The summed E-state index contributed by atoms with van der Waals surface area (Å²) in [5.74, 6) is -0.162. The quantitative estimate of drug-likeness (QED) is 0.707. The maximum absolute atomic E-state index is 13.5. The van der Waals surface area contributed by atoms with Crippen LogP contribution >= 0.6 is 0 Å². The first-order valence-corrected chi connectivity index (χ1v) is 5.05. The van der Waals surface area contributed by atoms with Gasteiger partial charge >= 0.3 is 0 Å². The molecule has 0 bridgehead atoms. The van der Waals surface area contributed by atoms with E-state index in [2.05, 4.69) is 0 Å². The third-order valence-corrected chi connectivity index (χ3v) is 2.40. The third-order valence-electron chi connectivity index (χ3n) is 2.40. The van der Waals surface area contributed by atoms with Gasteiger partial charge in [-0.1, -0.05) is 13.8 Å². The van der Waals surface area contributed by atoms with Crippen molar-refractivity contribution >= 4 is 10.9 Å². The molecule has 3 heteroatoms. The number of aromatic nitrogens is 1. The highest BCUT2D eigenvalue weighted by Gasteiger charge is 2.11. The topological polar surface area (TPSA) is 25.2 Å². The number of rotatable bonds is 0. The van der Waals surface area contributed by atoms with E-state index in [4.69, 9.17) is 0 Å². The molecule has 15 heavy (non-hydrogen) atoms.